The molecule has 1 amide bonds. The molecule has 12 heteroatoms. The quantitative estimate of drug-likeness (QED) is 0.199. The first-order valence-electron chi connectivity index (χ1n) is 4.62. The van der Waals surface area contributed by atoms with Crippen molar-refractivity contribution in [2.45, 2.75) is 17.9 Å². The van der Waals surface area contributed by atoms with Gasteiger partial charge in [-0.25, -0.2) is 0 Å². The standard InChI is InChI=1S/C6H14ClNO8P2/c7-4-5(9)8-3-1-2-6(10,17(11,12)13)18(14,15)16/h10H,1-4H2,(H,8,9)(H2,11,12,13)(H2,14,15,16). The fourth-order valence-corrected chi connectivity index (χ4v) is 3.41. The van der Waals surface area contributed by atoms with Crippen LogP contribution in [0, 0.1) is 0 Å². The average Bonchev–Trinajstić information content (AvgIpc) is 2.20. The predicted molar refractivity (Wildman–Crippen MR) is 62.0 cm³/mol. The van der Waals surface area contributed by atoms with Gasteiger partial charge in [-0.05, 0) is 6.42 Å². The van der Waals surface area contributed by atoms with E-state index in [0.717, 1.165) is 0 Å². The van der Waals surface area contributed by atoms with E-state index in [1.807, 2.05) is 0 Å². The summed E-state index contributed by atoms with van der Waals surface area (Å²) in [6.45, 7) is -0.131. The molecule has 0 atom stereocenters. The number of aliphatic hydroxyl groups is 1. The largest absolute Gasteiger partial charge is 0.369 e. The van der Waals surface area contributed by atoms with E-state index in [-0.39, 0.29) is 18.8 Å². The van der Waals surface area contributed by atoms with Gasteiger partial charge in [0.2, 0.25) is 5.91 Å². The molecule has 0 saturated carbocycles. The molecular formula is C6H14ClNO8P2. The summed E-state index contributed by atoms with van der Waals surface area (Å²) >= 11 is 5.16. The van der Waals surface area contributed by atoms with Gasteiger partial charge < -0.3 is 30.0 Å². The summed E-state index contributed by atoms with van der Waals surface area (Å²) in [4.78, 5) is 45.9. The Morgan fingerprint density at radius 2 is 1.61 bits per heavy atom. The van der Waals surface area contributed by atoms with E-state index in [9.17, 15) is 19.0 Å². The molecule has 0 aromatic rings. The monoisotopic (exact) mass is 325 g/mol. The third-order valence-corrected chi connectivity index (χ3v) is 6.18. The molecule has 0 aromatic heterocycles. The number of rotatable bonds is 7. The first kappa shape index (κ1) is 18.0. The minimum absolute atomic E-state index is 0.131. The summed E-state index contributed by atoms with van der Waals surface area (Å²) in [7, 11) is -10.9. The molecule has 0 saturated heterocycles. The van der Waals surface area contributed by atoms with Gasteiger partial charge in [0.15, 0.2) is 0 Å². The highest BCUT2D eigenvalue weighted by atomic mass is 35.5. The zero-order chi connectivity index (χ0) is 14.6. The molecule has 0 aromatic carbocycles. The number of carbonyl (C=O) groups excluding carboxylic acids is 1. The minimum atomic E-state index is -5.43. The molecule has 6 N–H and O–H groups in total. The lowest BCUT2D eigenvalue weighted by atomic mass is 10.3. The second kappa shape index (κ2) is 6.45. The Kier molecular flexibility index (Phi) is 6.46. The second-order valence-electron chi connectivity index (χ2n) is 3.45. The number of carbonyl (C=O) groups is 1. The lowest BCUT2D eigenvalue weighted by molar-refractivity contribution is -0.118. The van der Waals surface area contributed by atoms with E-state index in [1.165, 1.54) is 0 Å². The summed E-state index contributed by atoms with van der Waals surface area (Å²) in [6, 6.07) is 0. The Hall–Kier alpha value is 0.0200. The predicted octanol–water partition coefficient (Wildman–Crippen LogP) is -0.877. The molecule has 0 aliphatic carbocycles. The van der Waals surface area contributed by atoms with Crippen LogP contribution >= 0.6 is 26.8 Å². The van der Waals surface area contributed by atoms with Crippen LogP contribution in [0.1, 0.15) is 12.8 Å². The summed E-state index contributed by atoms with van der Waals surface area (Å²) < 4.78 is 21.9. The van der Waals surface area contributed by atoms with Gasteiger partial charge in [-0.3, -0.25) is 13.9 Å². The van der Waals surface area contributed by atoms with Crippen LogP contribution in [0.15, 0.2) is 0 Å². The Labute approximate surface area is 107 Å². The summed E-state index contributed by atoms with van der Waals surface area (Å²) in [5.74, 6) is -0.867. The zero-order valence-electron chi connectivity index (χ0n) is 9.06. The van der Waals surface area contributed by atoms with Crippen LogP contribution in [-0.4, -0.2) is 48.1 Å². The molecule has 0 heterocycles. The van der Waals surface area contributed by atoms with E-state index in [0.29, 0.717) is 0 Å². The lowest BCUT2D eigenvalue weighted by Gasteiger charge is -2.29. The molecule has 0 bridgehead atoms. The Balaban J connectivity index is 4.63. The number of halogens is 1. The molecule has 108 valence electrons. The number of hydrogen-bond acceptors (Lipinski definition) is 4. The summed E-state index contributed by atoms with van der Waals surface area (Å²) in [6.07, 6.45) is -1.11. The van der Waals surface area contributed by atoms with Gasteiger partial charge in [0.1, 0.15) is 5.88 Å². The first-order chi connectivity index (χ1) is 7.95. The number of amides is 1. The van der Waals surface area contributed by atoms with Gasteiger partial charge in [-0.1, -0.05) is 0 Å². The minimum Gasteiger partial charge on any atom is -0.368 e. The van der Waals surface area contributed by atoms with Gasteiger partial charge in [0.25, 0.3) is 5.08 Å². The SMILES string of the molecule is O=C(CCl)NCCCC(O)(P(=O)(O)O)P(=O)(O)O. The molecule has 0 spiro atoms. The van der Waals surface area contributed by atoms with Crippen molar-refractivity contribution in [1.82, 2.24) is 5.32 Å². The van der Waals surface area contributed by atoms with Gasteiger partial charge in [-0.15, -0.1) is 11.6 Å². The van der Waals surface area contributed by atoms with E-state index in [2.05, 4.69) is 5.32 Å². The second-order valence-corrected chi connectivity index (χ2v) is 7.73. The fourth-order valence-electron chi connectivity index (χ4n) is 1.06. The molecule has 0 unspecified atom stereocenters. The van der Waals surface area contributed by atoms with Crippen molar-refractivity contribution >= 4 is 32.7 Å². The van der Waals surface area contributed by atoms with Crippen molar-refractivity contribution in [1.29, 1.82) is 0 Å². The van der Waals surface area contributed by atoms with Crippen molar-refractivity contribution in [2.24, 2.45) is 0 Å². The topological polar surface area (TPSA) is 164 Å². The van der Waals surface area contributed by atoms with Crippen LogP contribution in [0.5, 0.6) is 0 Å². The van der Waals surface area contributed by atoms with Crippen molar-refractivity contribution < 1.29 is 38.6 Å². The molecular weight excluding hydrogens is 311 g/mol. The Bertz CT molecular complexity index is 367. The van der Waals surface area contributed by atoms with Crippen LogP contribution in [0.3, 0.4) is 0 Å². The Morgan fingerprint density at radius 1 is 1.17 bits per heavy atom. The first-order valence-corrected chi connectivity index (χ1v) is 8.38. The van der Waals surface area contributed by atoms with Crippen molar-refractivity contribution in [3.8, 4) is 0 Å². The van der Waals surface area contributed by atoms with Crippen LogP contribution in [-0.2, 0) is 13.9 Å². The van der Waals surface area contributed by atoms with Crippen molar-refractivity contribution in [3.63, 3.8) is 0 Å². The highest BCUT2D eigenvalue weighted by molar-refractivity contribution is 7.72. The maximum atomic E-state index is 10.9. The summed E-state index contributed by atoms with van der Waals surface area (Å²) in [5.41, 5.74) is 0. The van der Waals surface area contributed by atoms with E-state index in [1.54, 1.807) is 0 Å². The molecule has 9 nitrogen and oxygen atoms in total. The van der Waals surface area contributed by atoms with Gasteiger partial charge >= 0.3 is 15.2 Å². The van der Waals surface area contributed by atoms with E-state index in [4.69, 9.17) is 31.2 Å². The van der Waals surface area contributed by atoms with Crippen molar-refractivity contribution in [3.05, 3.63) is 0 Å². The third-order valence-electron chi connectivity index (χ3n) is 2.07. The summed E-state index contributed by atoms with van der Waals surface area (Å²) in [5, 5.41) is 8.22. The fraction of sp³-hybridized carbons (Fsp3) is 0.833. The Morgan fingerprint density at radius 3 is 1.94 bits per heavy atom. The smallest absolute Gasteiger partial charge is 0.368 e. The van der Waals surface area contributed by atoms with E-state index < -0.39 is 32.6 Å². The van der Waals surface area contributed by atoms with Crippen molar-refractivity contribution in [2.75, 3.05) is 12.4 Å². The average molecular weight is 326 g/mol. The maximum Gasteiger partial charge on any atom is 0.369 e. The number of hydrogen-bond donors (Lipinski definition) is 6. The highest BCUT2D eigenvalue weighted by Gasteiger charge is 2.58. The molecule has 0 rings (SSSR count). The molecule has 0 radical (unpaired) electrons. The van der Waals surface area contributed by atoms with Crippen LogP contribution in [0.2, 0.25) is 0 Å². The number of nitrogens with one attached hydrogen (secondary N) is 1. The van der Waals surface area contributed by atoms with E-state index >= 15 is 0 Å². The number of alkyl halides is 1. The van der Waals surface area contributed by atoms with Crippen LogP contribution in [0.25, 0.3) is 0 Å². The maximum absolute atomic E-state index is 10.9. The third kappa shape index (κ3) is 4.60. The van der Waals surface area contributed by atoms with Gasteiger partial charge in [0.05, 0.1) is 0 Å². The lowest BCUT2D eigenvalue weighted by Crippen LogP contribution is -2.31. The highest BCUT2D eigenvalue weighted by Crippen LogP contribution is 2.69. The zero-order valence-corrected chi connectivity index (χ0v) is 11.6. The van der Waals surface area contributed by atoms with Gasteiger partial charge in [0, 0.05) is 13.0 Å². The normalized spacial score (nSPS) is 13.4. The molecule has 0 aliphatic rings. The molecule has 0 aliphatic heterocycles. The molecule has 0 fully saturated rings. The van der Waals surface area contributed by atoms with Crippen LogP contribution < -0.4 is 5.32 Å². The van der Waals surface area contributed by atoms with Gasteiger partial charge in [-0.2, -0.15) is 0 Å². The molecule has 18 heavy (non-hydrogen) atoms. The van der Waals surface area contributed by atoms with Crippen LogP contribution in [0.4, 0.5) is 0 Å².